The van der Waals surface area contributed by atoms with Crippen LogP contribution in [0.15, 0.2) is 117 Å². The number of hydrogen-bond acceptors (Lipinski definition) is 6. The number of nitrogen functional groups attached to an aromatic ring is 1. The molecule has 0 heterocycles. The highest BCUT2D eigenvalue weighted by Gasteiger charge is 2.31. The van der Waals surface area contributed by atoms with Crippen molar-refractivity contribution in [2.45, 2.75) is 12.2 Å². The van der Waals surface area contributed by atoms with Crippen molar-refractivity contribution in [3.8, 4) is 11.5 Å². The van der Waals surface area contributed by atoms with Gasteiger partial charge in [0.25, 0.3) is 0 Å². The molecule has 210 valence electrons. The minimum Gasteiger partial charge on any atom is -0.506 e. The van der Waals surface area contributed by atoms with Crippen LogP contribution in [0.1, 0.15) is 11.7 Å². The third kappa shape index (κ3) is 8.59. The molecule has 0 fully saturated rings. The van der Waals surface area contributed by atoms with E-state index in [0.717, 1.165) is 4.47 Å². The summed E-state index contributed by atoms with van der Waals surface area (Å²) in [6.07, 6.45) is -0.353. The molecule has 0 bridgehead atoms. The lowest BCUT2D eigenvalue weighted by atomic mass is 10.0. The minimum absolute atomic E-state index is 0.161. The van der Waals surface area contributed by atoms with Gasteiger partial charge in [-0.1, -0.05) is 62.2 Å². The number of phenols is 1. The largest absolute Gasteiger partial charge is 0.506 e. The number of para-hydroxylation sites is 3. The number of phenolic OH excluding ortho intramolecular Hbond substituents is 1. The van der Waals surface area contributed by atoms with Gasteiger partial charge < -0.3 is 25.6 Å². The monoisotopic (exact) mass is 743 g/mol. The van der Waals surface area contributed by atoms with Crippen LogP contribution >= 0.6 is 47.8 Å². The first kappa shape index (κ1) is 30.2. The molecule has 2 atom stereocenters. The molecule has 0 radical (unpaired) electrons. The van der Waals surface area contributed by atoms with Gasteiger partial charge in [0, 0.05) is 26.3 Å². The molecule has 0 aliphatic carbocycles. The Hall–Kier alpha value is -3.80. The molecule has 0 saturated carbocycles. The van der Waals surface area contributed by atoms with Crippen molar-refractivity contribution in [3.63, 3.8) is 0 Å². The lowest BCUT2D eigenvalue weighted by Crippen LogP contribution is -2.30. The highest BCUT2D eigenvalue weighted by molar-refractivity contribution is 9.11. The van der Waals surface area contributed by atoms with Crippen LogP contribution in [-0.4, -0.2) is 23.2 Å². The third-order valence-corrected chi connectivity index (χ3v) is 7.25. The van der Waals surface area contributed by atoms with E-state index in [-0.39, 0.29) is 11.3 Å². The van der Waals surface area contributed by atoms with E-state index in [1.165, 1.54) is 12.2 Å². The topological polar surface area (TPSA) is 123 Å². The van der Waals surface area contributed by atoms with Gasteiger partial charge >= 0.3 is 6.09 Å². The van der Waals surface area contributed by atoms with E-state index in [9.17, 15) is 14.7 Å². The molecule has 0 unspecified atom stereocenters. The molecule has 2 amide bonds. The minimum atomic E-state index is -1.20. The summed E-state index contributed by atoms with van der Waals surface area (Å²) in [5.41, 5.74) is 7.53. The number of carbonyl (C=O) groups is 2. The second kappa shape index (κ2) is 14.2. The molecule has 0 aromatic heterocycles. The van der Waals surface area contributed by atoms with E-state index in [2.05, 4.69) is 58.4 Å². The Labute approximate surface area is 261 Å². The SMILES string of the molecule is Nc1ccccc1NC(=O)/C=C/[C@@H](Oc1ccccc1)[C@H](OC(=O)Nc1ccc(Br)cc1)c1cc(Br)cc(Br)c1O. The molecule has 8 nitrogen and oxygen atoms in total. The van der Waals surface area contributed by atoms with Crippen molar-refractivity contribution in [2.75, 3.05) is 16.4 Å². The second-order valence-corrected chi connectivity index (χ2v) is 11.3. The molecule has 4 rings (SSSR count). The van der Waals surface area contributed by atoms with Gasteiger partial charge in [0.05, 0.1) is 15.8 Å². The first-order valence-electron chi connectivity index (χ1n) is 12.2. The summed E-state index contributed by atoms with van der Waals surface area (Å²) in [5.74, 6) is -0.196. The summed E-state index contributed by atoms with van der Waals surface area (Å²) in [5, 5.41) is 16.4. The molecule has 41 heavy (non-hydrogen) atoms. The number of benzene rings is 4. The zero-order chi connectivity index (χ0) is 29.4. The van der Waals surface area contributed by atoms with Gasteiger partial charge in [0.15, 0.2) is 12.2 Å². The lowest BCUT2D eigenvalue weighted by molar-refractivity contribution is -0.112. The number of carbonyl (C=O) groups excluding carboxylic acids is 2. The highest BCUT2D eigenvalue weighted by Crippen LogP contribution is 2.39. The number of aromatic hydroxyl groups is 1. The fourth-order valence-corrected chi connectivity index (χ4v) is 5.25. The van der Waals surface area contributed by atoms with Gasteiger partial charge in [-0.25, -0.2) is 4.79 Å². The Balaban J connectivity index is 1.70. The van der Waals surface area contributed by atoms with E-state index in [1.807, 2.05) is 6.07 Å². The van der Waals surface area contributed by atoms with Gasteiger partial charge in [0.1, 0.15) is 11.5 Å². The van der Waals surface area contributed by atoms with Crippen LogP contribution in [0.4, 0.5) is 21.9 Å². The molecule has 5 N–H and O–H groups in total. The highest BCUT2D eigenvalue weighted by atomic mass is 79.9. The zero-order valence-corrected chi connectivity index (χ0v) is 26.0. The summed E-state index contributed by atoms with van der Waals surface area (Å²) in [4.78, 5) is 26.0. The van der Waals surface area contributed by atoms with Crippen molar-refractivity contribution >= 4 is 76.9 Å². The number of anilines is 3. The Kier molecular flexibility index (Phi) is 10.4. The van der Waals surface area contributed by atoms with Crippen LogP contribution in [0.2, 0.25) is 0 Å². The maximum atomic E-state index is 13.1. The predicted octanol–water partition coefficient (Wildman–Crippen LogP) is 8.19. The molecule has 0 aliphatic rings. The summed E-state index contributed by atoms with van der Waals surface area (Å²) in [7, 11) is 0. The molecular weight excluding hydrogens is 722 g/mol. The van der Waals surface area contributed by atoms with Gasteiger partial charge in [-0.15, -0.1) is 0 Å². The quantitative estimate of drug-likeness (QED) is 0.101. The smallest absolute Gasteiger partial charge is 0.412 e. The average molecular weight is 746 g/mol. The van der Waals surface area contributed by atoms with E-state index in [0.29, 0.717) is 31.8 Å². The van der Waals surface area contributed by atoms with E-state index < -0.39 is 24.2 Å². The zero-order valence-electron chi connectivity index (χ0n) is 21.3. The Morgan fingerprint density at radius 1 is 0.854 bits per heavy atom. The van der Waals surface area contributed by atoms with Crippen molar-refractivity contribution < 1.29 is 24.2 Å². The molecule has 4 aromatic rings. The van der Waals surface area contributed by atoms with Crippen molar-refractivity contribution in [1.82, 2.24) is 0 Å². The first-order chi connectivity index (χ1) is 19.7. The fourth-order valence-electron chi connectivity index (χ4n) is 3.73. The number of nitrogens with two attached hydrogens (primary N) is 1. The molecule has 0 spiro atoms. The summed E-state index contributed by atoms with van der Waals surface area (Å²) >= 11 is 10.1. The maximum absolute atomic E-state index is 13.1. The van der Waals surface area contributed by atoms with Crippen LogP contribution in [-0.2, 0) is 9.53 Å². The molecule has 4 aromatic carbocycles. The molecule has 0 aliphatic heterocycles. The van der Waals surface area contributed by atoms with Crippen LogP contribution in [0.25, 0.3) is 0 Å². The van der Waals surface area contributed by atoms with Crippen LogP contribution < -0.4 is 21.1 Å². The first-order valence-corrected chi connectivity index (χ1v) is 14.5. The molecule has 0 saturated heterocycles. The van der Waals surface area contributed by atoms with Crippen LogP contribution in [0.3, 0.4) is 0 Å². The number of nitrogens with one attached hydrogen (secondary N) is 2. The average Bonchev–Trinajstić information content (AvgIpc) is 2.95. The Morgan fingerprint density at radius 3 is 2.24 bits per heavy atom. The molecule has 11 heteroatoms. The fraction of sp³-hybridized carbons (Fsp3) is 0.0667. The van der Waals surface area contributed by atoms with Crippen molar-refractivity contribution in [3.05, 3.63) is 122 Å². The summed E-state index contributed by atoms with van der Waals surface area (Å²) < 4.78 is 13.9. The lowest BCUT2D eigenvalue weighted by Gasteiger charge is -2.27. The maximum Gasteiger partial charge on any atom is 0.412 e. The van der Waals surface area contributed by atoms with E-state index in [1.54, 1.807) is 84.9 Å². The van der Waals surface area contributed by atoms with Gasteiger partial charge in [-0.05, 0) is 82.7 Å². The van der Waals surface area contributed by atoms with E-state index >= 15 is 0 Å². The van der Waals surface area contributed by atoms with Crippen molar-refractivity contribution in [1.29, 1.82) is 0 Å². The van der Waals surface area contributed by atoms with Crippen molar-refractivity contribution in [2.24, 2.45) is 0 Å². The standard InChI is InChI=1S/C30H24Br3N3O5/c31-18-10-12-20(13-11-18)35-30(39)41-29(22-16-19(32)17-23(33)28(22)38)26(40-21-6-2-1-3-7-21)14-15-27(37)36-25-9-5-4-8-24(25)34/h1-17,26,29,38H,34H2,(H,35,39)(H,36,37)/b15-14+/t26-,29-/m1/s1. The third-order valence-electron chi connectivity index (χ3n) is 5.66. The summed E-state index contributed by atoms with van der Waals surface area (Å²) in [6, 6.07) is 25.9. The van der Waals surface area contributed by atoms with Gasteiger partial charge in [-0.3, -0.25) is 10.1 Å². The van der Waals surface area contributed by atoms with Gasteiger partial charge in [0.2, 0.25) is 5.91 Å². The normalized spacial score (nSPS) is 12.4. The number of halogens is 3. The van der Waals surface area contributed by atoms with Crippen LogP contribution in [0.5, 0.6) is 11.5 Å². The number of amides is 2. The number of hydrogen-bond donors (Lipinski definition) is 4. The Morgan fingerprint density at radius 2 is 1.54 bits per heavy atom. The molecular formula is C30H24Br3N3O5. The van der Waals surface area contributed by atoms with Gasteiger partial charge in [-0.2, -0.15) is 0 Å². The van der Waals surface area contributed by atoms with Crippen LogP contribution in [0, 0.1) is 0 Å². The predicted molar refractivity (Wildman–Crippen MR) is 170 cm³/mol. The number of rotatable bonds is 9. The second-order valence-electron chi connectivity index (χ2n) is 8.61. The van der Waals surface area contributed by atoms with E-state index in [4.69, 9.17) is 15.2 Å². The summed E-state index contributed by atoms with van der Waals surface area (Å²) in [6.45, 7) is 0. The number of ether oxygens (including phenoxy) is 2. The Bertz CT molecular complexity index is 1550.